The maximum absolute atomic E-state index is 4.00. The predicted molar refractivity (Wildman–Crippen MR) is 63.7 cm³/mol. The third-order valence-corrected chi connectivity index (χ3v) is 3.39. The highest BCUT2D eigenvalue weighted by molar-refractivity contribution is 14.1. The summed E-state index contributed by atoms with van der Waals surface area (Å²) in [4.78, 5) is 0. The van der Waals surface area contributed by atoms with Gasteiger partial charge in [-0.05, 0) is 17.6 Å². The first-order chi connectivity index (χ1) is 5.75. The van der Waals surface area contributed by atoms with Crippen molar-refractivity contribution in [2.24, 2.45) is 0 Å². The molecule has 0 N–H and O–H groups in total. The topological polar surface area (TPSA) is 0 Å². The quantitative estimate of drug-likeness (QED) is 0.536. The van der Waals surface area contributed by atoms with Gasteiger partial charge in [0.2, 0.25) is 0 Å². The lowest BCUT2D eigenvalue weighted by molar-refractivity contribution is 0.739. The van der Waals surface area contributed by atoms with Crippen LogP contribution in [0.3, 0.4) is 0 Å². The van der Waals surface area contributed by atoms with E-state index < -0.39 is 0 Å². The molecule has 0 radical (unpaired) electrons. The zero-order valence-electron chi connectivity index (χ0n) is 7.52. The number of rotatable bonds is 4. The van der Waals surface area contributed by atoms with Gasteiger partial charge in [0, 0.05) is 3.92 Å². The Bertz CT molecular complexity index is 223. The number of halogens is 1. The molecule has 0 saturated carbocycles. The van der Waals surface area contributed by atoms with Crippen LogP contribution in [-0.2, 0) is 0 Å². The van der Waals surface area contributed by atoms with Crippen molar-refractivity contribution in [3.63, 3.8) is 0 Å². The van der Waals surface area contributed by atoms with Gasteiger partial charge >= 0.3 is 0 Å². The highest BCUT2D eigenvalue weighted by Gasteiger charge is 2.13. The molecule has 0 spiro atoms. The Morgan fingerprint density at radius 3 is 2.83 bits per heavy atom. The molecule has 12 heavy (non-hydrogen) atoms. The van der Waals surface area contributed by atoms with E-state index in [2.05, 4.69) is 54.3 Å². The first kappa shape index (κ1) is 10.0. The lowest BCUT2D eigenvalue weighted by atomic mass is 10.0. The van der Waals surface area contributed by atoms with Crippen molar-refractivity contribution in [2.75, 3.05) is 0 Å². The molecule has 66 valence electrons. The van der Waals surface area contributed by atoms with Gasteiger partial charge < -0.3 is 0 Å². The van der Waals surface area contributed by atoms with E-state index in [0.717, 1.165) is 0 Å². The minimum absolute atomic E-state index is 0.657. The van der Waals surface area contributed by atoms with Gasteiger partial charge in [0.25, 0.3) is 0 Å². The van der Waals surface area contributed by atoms with Crippen molar-refractivity contribution in [3.8, 4) is 0 Å². The lowest BCUT2D eigenvalue weighted by Crippen LogP contribution is -2.01. The number of unbranched alkanes of at least 4 members (excludes halogenated alkanes) is 1. The molecule has 0 aliphatic heterocycles. The van der Waals surface area contributed by atoms with Gasteiger partial charge in [-0.2, -0.15) is 0 Å². The van der Waals surface area contributed by atoms with Gasteiger partial charge in [0.05, 0.1) is 0 Å². The van der Waals surface area contributed by atoms with Gasteiger partial charge in [0.15, 0.2) is 0 Å². The smallest absolute Gasteiger partial charge is 0.0365 e. The summed E-state index contributed by atoms with van der Waals surface area (Å²) in [5.41, 5.74) is 2.62. The molecule has 0 fully saturated rings. The summed E-state index contributed by atoms with van der Waals surface area (Å²) in [5, 5.41) is 0. The molecule has 0 bridgehead atoms. The van der Waals surface area contributed by atoms with Crippen LogP contribution in [0.2, 0.25) is 0 Å². The number of hydrogen-bond donors (Lipinski definition) is 0. The Labute approximate surface area is 88.6 Å². The van der Waals surface area contributed by atoms with Gasteiger partial charge in [-0.1, -0.05) is 67.2 Å². The van der Waals surface area contributed by atoms with Crippen LogP contribution >= 0.6 is 22.6 Å². The van der Waals surface area contributed by atoms with Gasteiger partial charge in [-0.3, -0.25) is 0 Å². The van der Waals surface area contributed by atoms with Crippen LogP contribution in [0.1, 0.15) is 26.2 Å². The fourth-order valence-electron chi connectivity index (χ4n) is 1.32. The van der Waals surface area contributed by atoms with E-state index in [1.807, 2.05) is 0 Å². The van der Waals surface area contributed by atoms with Crippen LogP contribution in [-0.4, -0.2) is 3.92 Å². The molecule has 0 amide bonds. The molecule has 0 nitrogen and oxygen atoms in total. The minimum atomic E-state index is 0.657. The maximum Gasteiger partial charge on any atom is 0.0365 e. The molecule has 0 saturated heterocycles. The third kappa shape index (κ3) is 2.47. The van der Waals surface area contributed by atoms with Crippen molar-refractivity contribution in [3.05, 3.63) is 36.0 Å². The Morgan fingerprint density at radius 2 is 2.33 bits per heavy atom. The van der Waals surface area contributed by atoms with Crippen molar-refractivity contribution < 1.29 is 0 Å². The number of allylic oxidation sites excluding steroid dienone is 5. The van der Waals surface area contributed by atoms with E-state index in [1.54, 1.807) is 0 Å². The Kier molecular flexibility index (Phi) is 4.06. The number of alkyl halides is 1. The van der Waals surface area contributed by atoms with Crippen LogP contribution < -0.4 is 0 Å². The second-order valence-corrected chi connectivity index (χ2v) is 4.62. The average Bonchev–Trinajstić information content (AvgIpc) is 2.47. The monoisotopic (exact) mass is 274 g/mol. The fraction of sp³-hybridized carbons (Fsp3) is 0.455. The maximum atomic E-state index is 4.00. The normalized spacial score (nSPS) is 18.2. The van der Waals surface area contributed by atoms with Gasteiger partial charge in [0.1, 0.15) is 0 Å². The van der Waals surface area contributed by atoms with Crippen molar-refractivity contribution in [2.45, 2.75) is 30.1 Å². The highest BCUT2D eigenvalue weighted by Crippen LogP contribution is 2.28. The van der Waals surface area contributed by atoms with Gasteiger partial charge in [-0.15, -0.1) is 0 Å². The zero-order valence-corrected chi connectivity index (χ0v) is 9.67. The summed E-state index contributed by atoms with van der Waals surface area (Å²) in [6.07, 6.45) is 10.3. The standard InChI is InChI=1S/C11H15I/c1-3-4-8-11(12)10-7-5-6-9(10)2/h5-7,11H,2-4,8H2,1H3. The molecule has 0 aromatic carbocycles. The van der Waals surface area contributed by atoms with E-state index in [4.69, 9.17) is 0 Å². The van der Waals surface area contributed by atoms with Crippen molar-refractivity contribution in [1.82, 2.24) is 0 Å². The summed E-state index contributed by atoms with van der Waals surface area (Å²) in [5.74, 6) is 0. The average molecular weight is 274 g/mol. The molecule has 1 aliphatic carbocycles. The van der Waals surface area contributed by atoms with Crippen LogP contribution in [0.5, 0.6) is 0 Å². The highest BCUT2D eigenvalue weighted by atomic mass is 127. The largest absolute Gasteiger partial charge is 0.0914 e. The Hall–Kier alpha value is -0.0500. The molecule has 1 unspecified atom stereocenters. The Balaban J connectivity index is 2.43. The van der Waals surface area contributed by atoms with E-state index in [1.165, 1.54) is 30.4 Å². The van der Waals surface area contributed by atoms with E-state index in [9.17, 15) is 0 Å². The second kappa shape index (κ2) is 4.85. The molecule has 1 heteroatoms. The zero-order chi connectivity index (χ0) is 8.97. The molecule has 0 aromatic heterocycles. The summed E-state index contributed by atoms with van der Waals surface area (Å²) >= 11 is 2.51. The molecule has 0 heterocycles. The van der Waals surface area contributed by atoms with Crippen LogP contribution in [0.15, 0.2) is 36.0 Å². The van der Waals surface area contributed by atoms with E-state index in [0.29, 0.717) is 3.92 Å². The predicted octanol–water partition coefficient (Wildman–Crippen LogP) is 4.03. The van der Waals surface area contributed by atoms with Gasteiger partial charge in [-0.25, -0.2) is 0 Å². The lowest BCUT2D eigenvalue weighted by Gasteiger charge is -2.11. The first-order valence-corrected chi connectivity index (χ1v) is 5.72. The van der Waals surface area contributed by atoms with Crippen LogP contribution in [0, 0.1) is 0 Å². The second-order valence-electron chi connectivity index (χ2n) is 3.12. The fourth-order valence-corrected chi connectivity index (χ4v) is 2.36. The molecule has 1 rings (SSSR count). The molecular formula is C11H15I. The molecule has 1 aliphatic rings. The molecule has 0 aromatic rings. The Morgan fingerprint density at radius 1 is 1.58 bits per heavy atom. The number of hydrogen-bond acceptors (Lipinski definition) is 0. The minimum Gasteiger partial charge on any atom is -0.0914 e. The van der Waals surface area contributed by atoms with E-state index in [-0.39, 0.29) is 0 Å². The molecular weight excluding hydrogens is 259 g/mol. The summed E-state index contributed by atoms with van der Waals surface area (Å²) in [6.45, 7) is 6.24. The third-order valence-electron chi connectivity index (χ3n) is 2.09. The SMILES string of the molecule is C=C1C=CC=C1C(I)CCCC. The van der Waals surface area contributed by atoms with Crippen molar-refractivity contribution >= 4 is 22.6 Å². The van der Waals surface area contributed by atoms with Crippen LogP contribution in [0.4, 0.5) is 0 Å². The first-order valence-electron chi connectivity index (χ1n) is 4.47. The van der Waals surface area contributed by atoms with Crippen LogP contribution in [0.25, 0.3) is 0 Å². The molecule has 1 atom stereocenters. The summed E-state index contributed by atoms with van der Waals surface area (Å²) in [6, 6.07) is 0. The van der Waals surface area contributed by atoms with Crippen molar-refractivity contribution in [1.29, 1.82) is 0 Å². The summed E-state index contributed by atoms with van der Waals surface area (Å²) in [7, 11) is 0. The summed E-state index contributed by atoms with van der Waals surface area (Å²) < 4.78 is 0.657. The van der Waals surface area contributed by atoms with E-state index >= 15 is 0 Å².